The van der Waals surface area contributed by atoms with Crippen LogP contribution >= 0.6 is 11.6 Å². The van der Waals surface area contributed by atoms with E-state index in [1.54, 1.807) is 12.1 Å². The Labute approximate surface area is 221 Å². The summed E-state index contributed by atoms with van der Waals surface area (Å²) in [5, 5.41) is 3.66. The number of esters is 1. The Bertz CT molecular complexity index is 1760. The van der Waals surface area contributed by atoms with Gasteiger partial charge in [0.2, 0.25) is 0 Å². The molecule has 2 aliphatic rings. The number of ketones is 1. The number of carbonyl (C=O) groups excluding carboxylic acids is 2. The highest BCUT2D eigenvalue weighted by Gasteiger charge is 2.47. The van der Waals surface area contributed by atoms with E-state index in [0.717, 1.165) is 10.2 Å². The van der Waals surface area contributed by atoms with Crippen LogP contribution in [0.3, 0.4) is 0 Å². The number of halogens is 3. The van der Waals surface area contributed by atoms with Gasteiger partial charge in [-0.15, -0.1) is 0 Å². The summed E-state index contributed by atoms with van der Waals surface area (Å²) in [5.74, 6) is -3.35. The topological polar surface area (TPSA) is 94.5 Å². The summed E-state index contributed by atoms with van der Waals surface area (Å²) in [6.45, 7) is 1.30. The molecule has 0 radical (unpaired) electrons. The Morgan fingerprint density at radius 3 is 2.42 bits per heavy atom. The number of fused-ring (bicyclic) bond motifs is 3. The number of nitrogens with zero attached hydrogens (tertiary/aromatic N) is 1. The zero-order valence-electron chi connectivity index (χ0n) is 19.6. The van der Waals surface area contributed by atoms with Gasteiger partial charge in [0.25, 0.3) is 10.0 Å². The second-order valence-electron chi connectivity index (χ2n) is 9.30. The van der Waals surface area contributed by atoms with E-state index >= 15 is 0 Å². The van der Waals surface area contributed by atoms with Crippen LogP contribution in [0.2, 0.25) is 5.02 Å². The molecule has 194 valence electrons. The van der Waals surface area contributed by atoms with Crippen LogP contribution in [-0.2, 0) is 20.4 Å². The van der Waals surface area contributed by atoms with Crippen LogP contribution in [0, 0.1) is 11.6 Å². The van der Waals surface area contributed by atoms with Crippen molar-refractivity contribution in [3.8, 4) is 0 Å². The first-order valence-corrected chi connectivity index (χ1v) is 13.6. The zero-order valence-corrected chi connectivity index (χ0v) is 21.2. The lowest BCUT2D eigenvalue weighted by Crippen LogP contribution is -2.39. The number of piperidine rings is 1. The van der Waals surface area contributed by atoms with Crippen LogP contribution in [0.15, 0.2) is 65.7 Å². The van der Waals surface area contributed by atoms with Gasteiger partial charge in [0.1, 0.15) is 17.2 Å². The molecule has 1 saturated heterocycles. The normalized spacial score (nSPS) is 16.6. The molecule has 3 aromatic carbocycles. The van der Waals surface area contributed by atoms with Crippen molar-refractivity contribution in [2.75, 3.05) is 13.1 Å². The molecule has 7 nitrogen and oxygen atoms in total. The third kappa shape index (κ3) is 3.74. The van der Waals surface area contributed by atoms with Crippen molar-refractivity contribution in [3.63, 3.8) is 0 Å². The molecule has 6 rings (SSSR count). The fraction of sp³-hybridized carbons (Fsp3) is 0.185. The molecular weight excluding hydrogens is 538 g/mol. The zero-order chi connectivity index (χ0) is 26.8. The lowest BCUT2D eigenvalue weighted by atomic mass is 9.82. The van der Waals surface area contributed by atoms with Crippen LogP contribution in [0.25, 0.3) is 10.9 Å². The highest BCUT2D eigenvalue weighted by molar-refractivity contribution is 7.90. The molecule has 1 N–H and O–H groups in total. The predicted molar refractivity (Wildman–Crippen MR) is 135 cm³/mol. The van der Waals surface area contributed by atoms with Gasteiger partial charge in [-0.05, 0) is 37.4 Å². The standard InChI is InChI=1S/C27H19ClF2N2O5S/c28-15-4-5-19-21(14-32(23(19)10-15)38(35,36)18-12-16(29)11-17(30)13-18)25(33)20-2-1-3-22-24(20)26(34)37-27(22)6-8-31-9-7-27/h1-5,10-14,31H,6-9H2. The van der Waals surface area contributed by atoms with E-state index in [-0.39, 0.29) is 32.6 Å². The first kappa shape index (κ1) is 24.7. The van der Waals surface area contributed by atoms with Gasteiger partial charge >= 0.3 is 5.97 Å². The van der Waals surface area contributed by atoms with Gasteiger partial charge in [0.15, 0.2) is 5.78 Å². The van der Waals surface area contributed by atoms with Gasteiger partial charge in [-0.1, -0.05) is 35.9 Å². The molecule has 0 saturated carbocycles. The monoisotopic (exact) mass is 556 g/mol. The molecule has 0 aliphatic carbocycles. The van der Waals surface area contributed by atoms with E-state index in [2.05, 4.69) is 5.32 Å². The molecule has 0 amide bonds. The summed E-state index contributed by atoms with van der Waals surface area (Å²) in [4.78, 5) is 26.3. The second kappa shape index (κ2) is 8.72. The van der Waals surface area contributed by atoms with Gasteiger partial charge in [-0.25, -0.2) is 26.0 Å². The lowest BCUT2D eigenvalue weighted by Gasteiger charge is -2.33. The van der Waals surface area contributed by atoms with Crippen LogP contribution in [0.4, 0.5) is 8.78 Å². The van der Waals surface area contributed by atoms with Crippen molar-refractivity contribution in [2.24, 2.45) is 0 Å². The van der Waals surface area contributed by atoms with Crippen molar-refractivity contribution >= 4 is 44.3 Å². The molecule has 1 fully saturated rings. The number of nitrogens with one attached hydrogen (secondary N) is 1. The summed E-state index contributed by atoms with van der Waals surface area (Å²) >= 11 is 6.14. The number of hydrogen-bond acceptors (Lipinski definition) is 6. The molecular formula is C27H19ClF2N2O5S. The fourth-order valence-electron chi connectivity index (χ4n) is 5.31. The minimum absolute atomic E-state index is 0.0235. The van der Waals surface area contributed by atoms with Crippen LogP contribution in [0.1, 0.15) is 44.7 Å². The number of benzene rings is 3. The molecule has 4 aromatic rings. The Kier molecular flexibility index (Phi) is 5.67. The van der Waals surface area contributed by atoms with E-state index < -0.39 is 43.9 Å². The molecule has 1 spiro atoms. The fourth-order valence-corrected chi connectivity index (χ4v) is 6.88. The van der Waals surface area contributed by atoms with Crippen LogP contribution in [0.5, 0.6) is 0 Å². The predicted octanol–water partition coefficient (Wildman–Crippen LogP) is 4.79. The lowest BCUT2D eigenvalue weighted by molar-refractivity contribution is -0.0242. The third-order valence-corrected chi connectivity index (χ3v) is 8.96. The Balaban J connectivity index is 1.53. The van der Waals surface area contributed by atoms with Crippen molar-refractivity contribution in [2.45, 2.75) is 23.3 Å². The maximum atomic E-state index is 13.9. The molecule has 2 aliphatic heterocycles. The average Bonchev–Trinajstić information content (AvgIpc) is 3.39. The number of rotatable bonds is 4. The highest BCUT2D eigenvalue weighted by Crippen LogP contribution is 2.44. The minimum Gasteiger partial charge on any atom is -0.450 e. The molecule has 0 bridgehead atoms. The molecule has 3 heterocycles. The average molecular weight is 557 g/mol. The van der Waals surface area contributed by atoms with E-state index in [0.29, 0.717) is 49.7 Å². The van der Waals surface area contributed by atoms with Crippen LogP contribution in [-0.4, -0.2) is 37.2 Å². The number of ether oxygens (including phenoxy) is 1. The van der Waals surface area contributed by atoms with Crippen molar-refractivity contribution < 1.29 is 31.5 Å². The molecule has 11 heteroatoms. The van der Waals surface area contributed by atoms with Gasteiger partial charge in [-0.3, -0.25) is 4.79 Å². The third-order valence-electron chi connectivity index (χ3n) is 7.07. The first-order valence-electron chi connectivity index (χ1n) is 11.8. The van der Waals surface area contributed by atoms with E-state index in [4.69, 9.17) is 16.3 Å². The largest absolute Gasteiger partial charge is 0.450 e. The smallest absolute Gasteiger partial charge is 0.340 e. The summed E-state index contributed by atoms with van der Waals surface area (Å²) in [5.41, 5.74) is 0.0558. The first-order chi connectivity index (χ1) is 18.1. The Morgan fingerprint density at radius 1 is 1.00 bits per heavy atom. The minimum atomic E-state index is -4.54. The summed E-state index contributed by atoms with van der Waals surface area (Å²) in [6, 6.07) is 11.2. The van der Waals surface area contributed by atoms with Crippen molar-refractivity contribution in [1.29, 1.82) is 0 Å². The Hall–Kier alpha value is -3.60. The van der Waals surface area contributed by atoms with Crippen LogP contribution < -0.4 is 5.32 Å². The summed E-state index contributed by atoms with van der Waals surface area (Å²) in [6.07, 6.45) is 2.20. The summed E-state index contributed by atoms with van der Waals surface area (Å²) in [7, 11) is -4.54. The molecule has 0 unspecified atom stereocenters. The summed E-state index contributed by atoms with van der Waals surface area (Å²) < 4.78 is 61.3. The van der Waals surface area contributed by atoms with Gasteiger partial charge in [0, 0.05) is 52.2 Å². The molecule has 0 atom stereocenters. The molecule has 1 aromatic heterocycles. The molecule has 38 heavy (non-hydrogen) atoms. The number of hydrogen-bond donors (Lipinski definition) is 1. The SMILES string of the molecule is O=C1OC2(CCNCC2)c2cccc(C(=O)c3cn(S(=O)(=O)c4cc(F)cc(F)c4)c4cc(Cl)ccc34)c21. The van der Waals surface area contributed by atoms with E-state index in [9.17, 15) is 26.8 Å². The van der Waals surface area contributed by atoms with E-state index in [1.807, 2.05) is 0 Å². The van der Waals surface area contributed by atoms with Crippen molar-refractivity contribution in [3.05, 3.63) is 99.7 Å². The quantitative estimate of drug-likeness (QED) is 0.287. The number of aromatic nitrogens is 1. The maximum absolute atomic E-state index is 13.9. The van der Waals surface area contributed by atoms with Gasteiger partial charge < -0.3 is 10.1 Å². The maximum Gasteiger partial charge on any atom is 0.340 e. The Morgan fingerprint density at radius 2 is 1.71 bits per heavy atom. The van der Waals surface area contributed by atoms with Crippen molar-refractivity contribution in [1.82, 2.24) is 9.29 Å². The second-order valence-corrected chi connectivity index (χ2v) is 11.6. The number of carbonyl (C=O) groups is 2. The van der Waals surface area contributed by atoms with Gasteiger partial charge in [-0.2, -0.15) is 0 Å². The highest BCUT2D eigenvalue weighted by atomic mass is 35.5. The van der Waals surface area contributed by atoms with Gasteiger partial charge in [0.05, 0.1) is 16.0 Å². The van der Waals surface area contributed by atoms with E-state index in [1.165, 1.54) is 24.3 Å².